The molecule has 0 amide bonds. The van der Waals surface area contributed by atoms with Crippen LogP contribution in [0.5, 0.6) is 5.88 Å². The van der Waals surface area contributed by atoms with Crippen molar-refractivity contribution in [1.29, 1.82) is 0 Å². The number of ether oxygens (including phenoxy) is 1. The summed E-state index contributed by atoms with van der Waals surface area (Å²) < 4.78 is 4.87. The van der Waals surface area contributed by atoms with Gasteiger partial charge >= 0.3 is 0 Å². The van der Waals surface area contributed by atoms with E-state index in [2.05, 4.69) is 9.97 Å². The first-order valence-electron chi connectivity index (χ1n) is 3.88. The van der Waals surface area contributed by atoms with Crippen molar-refractivity contribution in [2.45, 2.75) is 19.1 Å². The van der Waals surface area contributed by atoms with Crippen molar-refractivity contribution in [2.24, 2.45) is 0 Å². The molecule has 0 spiro atoms. The third kappa shape index (κ3) is 2.13. The van der Waals surface area contributed by atoms with E-state index >= 15 is 0 Å². The highest BCUT2D eigenvalue weighted by molar-refractivity contribution is 5.20. The molecular weight excluding hydrogens is 172 g/mol. The van der Waals surface area contributed by atoms with E-state index in [4.69, 9.17) is 9.84 Å². The van der Waals surface area contributed by atoms with Crippen LogP contribution < -0.4 is 4.74 Å². The first kappa shape index (κ1) is 9.88. The lowest BCUT2D eigenvalue weighted by molar-refractivity contribution is 0.0258. The molecule has 0 aliphatic carbocycles. The number of hydrogen-bond acceptors (Lipinski definition) is 5. The minimum Gasteiger partial charge on any atom is -0.480 e. The molecule has 0 radical (unpaired) electrons. The van der Waals surface area contributed by atoms with Crippen LogP contribution in [-0.4, -0.2) is 33.4 Å². The predicted octanol–water partition coefficient (Wildman–Crippen LogP) is -0.101. The molecule has 0 saturated carbocycles. The Hall–Kier alpha value is -1.20. The van der Waals surface area contributed by atoms with Crippen molar-refractivity contribution in [2.75, 3.05) is 7.11 Å². The van der Waals surface area contributed by atoms with Crippen LogP contribution in [-0.2, 0) is 0 Å². The van der Waals surface area contributed by atoms with Crippen LogP contribution in [0.3, 0.4) is 0 Å². The molecule has 0 bridgehead atoms. The third-order valence-electron chi connectivity index (χ3n) is 1.62. The summed E-state index contributed by atoms with van der Waals surface area (Å²) in [5.41, 5.74) is 0.250. The Labute approximate surface area is 76.0 Å². The number of nitrogens with zero attached hydrogens (tertiary/aromatic N) is 2. The van der Waals surface area contributed by atoms with Gasteiger partial charge in [0.05, 0.1) is 13.2 Å². The smallest absolute Gasteiger partial charge is 0.238 e. The molecule has 13 heavy (non-hydrogen) atoms. The van der Waals surface area contributed by atoms with Crippen LogP contribution in [0.4, 0.5) is 0 Å². The molecule has 1 aromatic heterocycles. The zero-order valence-corrected chi connectivity index (χ0v) is 7.51. The van der Waals surface area contributed by atoms with Crippen LogP contribution in [0, 0.1) is 0 Å². The van der Waals surface area contributed by atoms with Gasteiger partial charge in [0.25, 0.3) is 0 Å². The second-order valence-corrected chi connectivity index (χ2v) is 2.64. The van der Waals surface area contributed by atoms with E-state index < -0.39 is 12.2 Å². The van der Waals surface area contributed by atoms with Gasteiger partial charge in [-0.25, -0.2) is 4.98 Å². The highest BCUT2D eigenvalue weighted by atomic mass is 16.5. The minimum absolute atomic E-state index is 0.232. The van der Waals surface area contributed by atoms with Crippen LogP contribution in [0.1, 0.15) is 18.7 Å². The zero-order valence-electron chi connectivity index (χ0n) is 7.51. The SMILES string of the molecule is COc1nccnc1C(O)C(C)O. The zero-order chi connectivity index (χ0) is 9.84. The van der Waals surface area contributed by atoms with Crippen molar-refractivity contribution in [3.8, 4) is 5.88 Å². The molecule has 5 nitrogen and oxygen atoms in total. The van der Waals surface area contributed by atoms with Crippen molar-refractivity contribution >= 4 is 0 Å². The number of rotatable bonds is 3. The molecule has 2 N–H and O–H groups in total. The second kappa shape index (κ2) is 4.15. The molecule has 0 aliphatic rings. The van der Waals surface area contributed by atoms with Crippen LogP contribution in [0.15, 0.2) is 12.4 Å². The number of aliphatic hydroxyl groups excluding tert-OH is 2. The number of aromatic nitrogens is 2. The molecule has 1 rings (SSSR count). The highest BCUT2D eigenvalue weighted by Crippen LogP contribution is 2.21. The fourth-order valence-electron chi connectivity index (χ4n) is 0.925. The standard InChI is InChI=1S/C8H12N2O3/c1-5(11)7(12)6-8(13-2)10-4-3-9-6/h3-5,7,11-12H,1-2H3. The van der Waals surface area contributed by atoms with Crippen molar-refractivity contribution < 1.29 is 14.9 Å². The molecule has 0 saturated heterocycles. The first-order chi connectivity index (χ1) is 6.16. The monoisotopic (exact) mass is 184 g/mol. The maximum Gasteiger partial charge on any atom is 0.238 e. The van der Waals surface area contributed by atoms with E-state index in [1.165, 1.54) is 26.4 Å². The topological polar surface area (TPSA) is 75.5 Å². The van der Waals surface area contributed by atoms with Gasteiger partial charge in [-0.15, -0.1) is 0 Å². The van der Waals surface area contributed by atoms with Crippen molar-refractivity contribution in [3.05, 3.63) is 18.1 Å². The highest BCUT2D eigenvalue weighted by Gasteiger charge is 2.19. The van der Waals surface area contributed by atoms with E-state index in [1.807, 2.05) is 0 Å². The Morgan fingerprint density at radius 2 is 1.92 bits per heavy atom. The van der Waals surface area contributed by atoms with Crippen LogP contribution in [0.25, 0.3) is 0 Å². The van der Waals surface area contributed by atoms with Gasteiger partial charge in [-0.3, -0.25) is 4.98 Å². The number of methoxy groups -OCH3 is 1. The number of aliphatic hydroxyl groups is 2. The predicted molar refractivity (Wildman–Crippen MR) is 45.2 cm³/mol. The molecule has 72 valence electrons. The summed E-state index contributed by atoms with van der Waals surface area (Å²) in [6.45, 7) is 1.47. The van der Waals surface area contributed by atoms with E-state index in [1.54, 1.807) is 0 Å². The molecule has 1 heterocycles. The van der Waals surface area contributed by atoms with Gasteiger partial charge in [0, 0.05) is 12.4 Å². The Morgan fingerprint density at radius 3 is 2.46 bits per heavy atom. The summed E-state index contributed by atoms with van der Waals surface area (Å²) in [7, 11) is 1.43. The first-order valence-corrected chi connectivity index (χ1v) is 3.88. The van der Waals surface area contributed by atoms with Crippen molar-refractivity contribution in [3.63, 3.8) is 0 Å². The van der Waals surface area contributed by atoms with Gasteiger partial charge in [0.15, 0.2) is 0 Å². The average molecular weight is 184 g/mol. The van der Waals surface area contributed by atoms with Crippen molar-refractivity contribution in [1.82, 2.24) is 9.97 Å². The summed E-state index contributed by atoms with van der Waals surface area (Å²) in [4.78, 5) is 7.72. The second-order valence-electron chi connectivity index (χ2n) is 2.64. The maximum absolute atomic E-state index is 9.48. The molecule has 0 aromatic carbocycles. The quantitative estimate of drug-likeness (QED) is 0.686. The Morgan fingerprint density at radius 1 is 1.31 bits per heavy atom. The Balaban J connectivity index is 2.98. The molecule has 0 fully saturated rings. The normalized spacial score (nSPS) is 15.1. The van der Waals surface area contributed by atoms with Gasteiger partial charge in [-0.05, 0) is 6.92 Å². The fourth-order valence-corrected chi connectivity index (χ4v) is 0.925. The molecule has 1 aromatic rings. The van der Waals surface area contributed by atoms with Gasteiger partial charge in [0.2, 0.25) is 5.88 Å². The summed E-state index contributed by atoms with van der Waals surface area (Å²) in [6.07, 6.45) is 0.926. The molecule has 5 heteroatoms. The lowest BCUT2D eigenvalue weighted by atomic mass is 10.1. The molecular formula is C8H12N2O3. The number of hydrogen-bond donors (Lipinski definition) is 2. The van der Waals surface area contributed by atoms with E-state index in [-0.39, 0.29) is 11.6 Å². The third-order valence-corrected chi connectivity index (χ3v) is 1.62. The molecule has 0 aliphatic heterocycles. The summed E-state index contributed by atoms with van der Waals surface area (Å²) >= 11 is 0. The largest absolute Gasteiger partial charge is 0.480 e. The Bertz CT molecular complexity index is 278. The van der Waals surface area contributed by atoms with Gasteiger partial charge in [-0.1, -0.05) is 0 Å². The van der Waals surface area contributed by atoms with Crippen LogP contribution in [0.2, 0.25) is 0 Å². The van der Waals surface area contributed by atoms with Crippen LogP contribution >= 0.6 is 0 Å². The lowest BCUT2D eigenvalue weighted by Gasteiger charge is -2.14. The lowest BCUT2D eigenvalue weighted by Crippen LogP contribution is -2.16. The van der Waals surface area contributed by atoms with E-state index in [0.29, 0.717) is 0 Å². The van der Waals surface area contributed by atoms with E-state index in [0.717, 1.165) is 0 Å². The van der Waals surface area contributed by atoms with Gasteiger partial charge in [-0.2, -0.15) is 0 Å². The molecule has 2 unspecified atom stereocenters. The molecule has 2 atom stereocenters. The minimum atomic E-state index is -1.07. The summed E-state index contributed by atoms with van der Waals surface area (Å²) in [6, 6.07) is 0. The maximum atomic E-state index is 9.48. The summed E-state index contributed by atoms with van der Waals surface area (Å²) in [5, 5.41) is 18.6. The fraction of sp³-hybridized carbons (Fsp3) is 0.500. The van der Waals surface area contributed by atoms with Gasteiger partial charge in [0.1, 0.15) is 11.8 Å². The summed E-state index contributed by atoms with van der Waals surface area (Å²) in [5.74, 6) is 0.232. The Kier molecular flexibility index (Phi) is 3.16. The van der Waals surface area contributed by atoms with E-state index in [9.17, 15) is 5.11 Å². The average Bonchev–Trinajstić information content (AvgIpc) is 2.16. The van der Waals surface area contributed by atoms with Gasteiger partial charge < -0.3 is 14.9 Å².